The first-order valence-electron chi connectivity index (χ1n) is 7.54. The zero-order valence-electron chi connectivity index (χ0n) is 13.9. The highest BCUT2D eigenvalue weighted by Crippen LogP contribution is 2.26. The van der Waals surface area contributed by atoms with Gasteiger partial charge in [-0.3, -0.25) is 9.59 Å². The van der Waals surface area contributed by atoms with E-state index < -0.39 is 0 Å². The molecule has 0 unspecified atom stereocenters. The molecular formula is C17H21N3O3S. The van der Waals surface area contributed by atoms with E-state index in [0.717, 1.165) is 5.56 Å². The van der Waals surface area contributed by atoms with Crippen LogP contribution in [0.5, 0.6) is 5.75 Å². The van der Waals surface area contributed by atoms with Crippen molar-refractivity contribution in [3.8, 4) is 17.0 Å². The lowest BCUT2D eigenvalue weighted by Gasteiger charge is -2.16. The van der Waals surface area contributed by atoms with Crippen molar-refractivity contribution in [2.24, 2.45) is 5.41 Å². The third-order valence-electron chi connectivity index (χ3n) is 3.03. The first kappa shape index (κ1) is 17.9. The second-order valence-corrected chi connectivity index (χ2v) is 7.51. The maximum absolute atomic E-state index is 11.9. The summed E-state index contributed by atoms with van der Waals surface area (Å²) in [6, 6.07) is 6.74. The van der Waals surface area contributed by atoms with E-state index in [4.69, 9.17) is 0 Å². The topological polar surface area (TPSA) is 91.3 Å². The number of anilines is 1. The SMILES string of the molecule is CC(C)(C)CC(=O)NCC(=O)Nc1nc(-c2cccc(O)c2)cs1. The van der Waals surface area contributed by atoms with Crippen LogP contribution in [0, 0.1) is 5.41 Å². The molecule has 2 aromatic rings. The number of aromatic nitrogens is 1. The summed E-state index contributed by atoms with van der Waals surface area (Å²) in [6.07, 6.45) is 0.360. The van der Waals surface area contributed by atoms with Crippen LogP contribution in [0.25, 0.3) is 11.3 Å². The molecule has 0 radical (unpaired) electrons. The molecule has 0 aliphatic rings. The molecular weight excluding hydrogens is 326 g/mol. The molecule has 128 valence electrons. The molecule has 0 fully saturated rings. The molecule has 0 atom stereocenters. The van der Waals surface area contributed by atoms with Crippen LogP contribution < -0.4 is 10.6 Å². The Morgan fingerprint density at radius 1 is 1.25 bits per heavy atom. The fourth-order valence-electron chi connectivity index (χ4n) is 2.02. The third kappa shape index (κ3) is 5.66. The number of nitrogens with one attached hydrogen (secondary N) is 2. The Kier molecular flexibility index (Phi) is 5.56. The minimum absolute atomic E-state index is 0.0873. The van der Waals surface area contributed by atoms with Crippen molar-refractivity contribution < 1.29 is 14.7 Å². The second-order valence-electron chi connectivity index (χ2n) is 6.65. The van der Waals surface area contributed by atoms with Gasteiger partial charge in [-0.05, 0) is 17.5 Å². The Balaban J connectivity index is 1.88. The lowest BCUT2D eigenvalue weighted by Crippen LogP contribution is -2.34. The molecule has 1 aromatic heterocycles. The fourth-order valence-corrected chi connectivity index (χ4v) is 2.75. The van der Waals surface area contributed by atoms with Gasteiger partial charge in [0.05, 0.1) is 12.2 Å². The van der Waals surface area contributed by atoms with Crippen molar-refractivity contribution in [3.05, 3.63) is 29.6 Å². The van der Waals surface area contributed by atoms with Crippen molar-refractivity contribution in [1.82, 2.24) is 10.3 Å². The van der Waals surface area contributed by atoms with Gasteiger partial charge in [0.1, 0.15) is 5.75 Å². The number of benzene rings is 1. The number of carbonyl (C=O) groups is 2. The first-order valence-corrected chi connectivity index (χ1v) is 8.42. The van der Waals surface area contributed by atoms with Gasteiger partial charge in [0.25, 0.3) is 0 Å². The van der Waals surface area contributed by atoms with Gasteiger partial charge in [-0.25, -0.2) is 4.98 Å². The quantitative estimate of drug-likeness (QED) is 0.775. The number of thiazole rings is 1. The van der Waals surface area contributed by atoms with Crippen LogP contribution in [0.2, 0.25) is 0 Å². The van der Waals surface area contributed by atoms with Crippen molar-refractivity contribution in [2.75, 3.05) is 11.9 Å². The molecule has 24 heavy (non-hydrogen) atoms. The molecule has 7 heteroatoms. The Morgan fingerprint density at radius 2 is 2.00 bits per heavy atom. The van der Waals surface area contributed by atoms with Crippen molar-refractivity contribution in [1.29, 1.82) is 0 Å². The standard InChI is InChI=1S/C17H21N3O3S/c1-17(2,3)8-14(22)18-9-15(23)20-16-19-13(10-24-16)11-5-4-6-12(21)7-11/h4-7,10,21H,8-9H2,1-3H3,(H,18,22)(H,19,20,23). The molecule has 1 aromatic carbocycles. The van der Waals surface area contributed by atoms with E-state index in [1.165, 1.54) is 11.3 Å². The van der Waals surface area contributed by atoms with Gasteiger partial charge in [0.2, 0.25) is 11.8 Å². The number of hydrogen-bond donors (Lipinski definition) is 3. The van der Waals surface area contributed by atoms with Crippen LogP contribution in [0.15, 0.2) is 29.6 Å². The van der Waals surface area contributed by atoms with Crippen LogP contribution in [-0.4, -0.2) is 28.4 Å². The van der Waals surface area contributed by atoms with Crippen molar-refractivity contribution >= 4 is 28.3 Å². The number of aromatic hydroxyl groups is 1. The van der Waals surface area contributed by atoms with Gasteiger partial charge >= 0.3 is 0 Å². The molecule has 2 amide bonds. The third-order valence-corrected chi connectivity index (χ3v) is 3.79. The average Bonchev–Trinajstić information content (AvgIpc) is 2.92. The lowest BCUT2D eigenvalue weighted by atomic mass is 9.92. The van der Waals surface area contributed by atoms with Gasteiger partial charge < -0.3 is 15.7 Å². The number of carbonyl (C=O) groups excluding carboxylic acids is 2. The number of rotatable bonds is 5. The fraction of sp³-hybridized carbons (Fsp3) is 0.353. The number of amides is 2. The van der Waals surface area contributed by atoms with Gasteiger partial charge in [-0.1, -0.05) is 32.9 Å². The number of phenols is 1. The summed E-state index contributed by atoms with van der Waals surface area (Å²) in [6.45, 7) is 5.80. The minimum atomic E-state index is -0.325. The predicted octanol–water partition coefficient (Wildman–Crippen LogP) is 3.01. The van der Waals surface area contributed by atoms with E-state index in [1.807, 2.05) is 26.8 Å². The summed E-state index contributed by atoms with van der Waals surface area (Å²) in [5, 5.41) is 17.0. The number of phenolic OH excluding ortho intramolecular Hbond substituents is 1. The molecule has 6 nitrogen and oxygen atoms in total. The monoisotopic (exact) mass is 347 g/mol. The molecule has 0 bridgehead atoms. The summed E-state index contributed by atoms with van der Waals surface area (Å²) in [5.41, 5.74) is 1.32. The summed E-state index contributed by atoms with van der Waals surface area (Å²) >= 11 is 1.29. The Bertz CT molecular complexity index is 735. The molecule has 0 saturated carbocycles. The largest absolute Gasteiger partial charge is 0.508 e. The Hall–Kier alpha value is -2.41. The van der Waals surface area contributed by atoms with E-state index in [1.54, 1.807) is 23.6 Å². The second kappa shape index (κ2) is 7.44. The molecule has 2 rings (SSSR count). The summed E-state index contributed by atoms with van der Waals surface area (Å²) in [7, 11) is 0. The molecule has 0 saturated heterocycles. The Labute approximate surface area is 144 Å². The van der Waals surface area contributed by atoms with Crippen LogP contribution in [0.4, 0.5) is 5.13 Å². The Morgan fingerprint density at radius 3 is 2.67 bits per heavy atom. The minimum Gasteiger partial charge on any atom is -0.508 e. The van der Waals surface area contributed by atoms with Crippen LogP contribution in [-0.2, 0) is 9.59 Å². The zero-order chi connectivity index (χ0) is 17.7. The average molecular weight is 347 g/mol. The van der Waals surface area contributed by atoms with Crippen molar-refractivity contribution in [2.45, 2.75) is 27.2 Å². The van der Waals surface area contributed by atoms with Crippen LogP contribution in [0.3, 0.4) is 0 Å². The molecule has 0 aliphatic heterocycles. The maximum Gasteiger partial charge on any atom is 0.245 e. The molecule has 0 aliphatic carbocycles. The van der Waals surface area contributed by atoms with Gasteiger partial charge in [0, 0.05) is 17.4 Å². The highest BCUT2D eigenvalue weighted by Gasteiger charge is 2.16. The van der Waals surface area contributed by atoms with Crippen LogP contribution >= 0.6 is 11.3 Å². The zero-order valence-corrected chi connectivity index (χ0v) is 14.7. The molecule has 1 heterocycles. The smallest absolute Gasteiger partial charge is 0.245 e. The van der Waals surface area contributed by atoms with Gasteiger partial charge in [-0.15, -0.1) is 11.3 Å². The maximum atomic E-state index is 11.9. The van der Waals surface area contributed by atoms with Gasteiger partial charge in [0.15, 0.2) is 5.13 Å². The van der Waals surface area contributed by atoms with E-state index >= 15 is 0 Å². The molecule has 3 N–H and O–H groups in total. The summed E-state index contributed by atoms with van der Waals surface area (Å²) in [4.78, 5) is 27.9. The predicted molar refractivity (Wildman–Crippen MR) is 94.9 cm³/mol. The normalized spacial score (nSPS) is 11.1. The lowest BCUT2D eigenvalue weighted by molar-refractivity contribution is -0.125. The first-order chi connectivity index (χ1) is 11.2. The van der Waals surface area contributed by atoms with Crippen molar-refractivity contribution in [3.63, 3.8) is 0 Å². The highest BCUT2D eigenvalue weighted by atomic mass is 32.1. The summed E-state index contributed by atoms with van der Waals surface area (Å²) < 4.78 is 0. The van der Waals surface area contributed by atoms with E-state index in [2.05, 4.69) is 15.6 Å². The van der Waals surface area contributed by atoms with Gasteiger partial charge in [-0.2, -0.15) is 0 Å². The van der Waals surface area contributed by atoms with E-state index in [9.17, 15) is 14.7 Å². The van der Waals surface area contributed by atoms with E-state index in [0.29, 0.717) is 17.2 Å². The highest BCUT2D eigenvalue weighted by molar-refractivity contribution is 7.14. The van der Waals surface area contributed by atoms with E-state index in [-0.39, 0.29) is 29.5 Å². The number of nitrogens with zero attached hydrogens (tertiary/aromatic N) is 1. The molecule has 0 spiro atoms. The number of hydrogen-bond acceptors (Lipinski definition) is 5. The summed E-state index contributed by atoms with van der Waals surface area (Å²) in [5.74, 6) is -0.320. The van der Waals surface area contributed by atoms with Crippen LogP contribution in [0.1, 0.15) is 27.2 Å².